The molecule has 5 nitrogen and oxygen atoms in total. The number of thiazole rings is 1. The van der Waals surface area contributed by atoms with Crippen LogP contribution in [0.2, 0.25) is 5.02 Å². The van der Waals surface area contributed by atoms with E-state index in [0.717, 1.165) is 29.0 Å². The Balaban J connectivity index is 1.66. The van der Waals surface area contributed by atoms with E-state index in [4.69, 9.17) is 11.6 Å². The molecule has 3 amide bonds. The Hall–Kier alpha value is -2.91. The summed E-state index contributed by atoms with van der Waals surface area (Å²) in [6.07, 6.45) is -4.52. The Bertz CT molecular complexity index is 1150. The minimum absolute atomic E-state index is 0.0327. The number of halogens is 4. The number of alkyl halides is 3. The van der Waals surface area contributed by atoms with Crippen LogP contribution in [0.25, 0.3) is 10.6 Å². The Morgan fingerprint density at radius 1 is 1.00 bits per heavy atom. The third-order valence-electron chi connectivity index (χ3n) is 4.50. The van der Waals surface area contributed by atoms with Crippen LogP contribution in [0.4, 0.5) is 23.7 Å². The van der Waals surface area contributed by atoms with Crippen molar-refractivity contribution >= 4 is 40.6 Å². The fourth-order valence-electron chi connectivity index (χ4n) is 2.75. The van der Waals surface area contributed by atoms with Gasteiger partial charge in [-0.2, -0.15) is 13.2 Å². The molecule has 168 valence electrons. The molecule has 1 aromatic heterocycles. The van der Waals surface area contributed by atoms with E-state index < -0.39 is 23.7 Å². The van der Waals surface area contributed by atoms with Gasteiger partial charge in [-0.05, 0) is 41.3 Å². The molecular weight excluding hydrogens is 463 g/mol. The van der Waals surface area contributed by atoms with Gasteiger partial charge >= 0.3 is 12.2 Å². The first-order chi connectivity index (χ1) is 14.8. The molecule has 3 aromatic rings. The first-order valence-corrected chi connectivity index (χ1v) is 10.7. The first-order valence-electron chi connectivity index (χ1n) is 9.40. The topological polar surface area (TPSA) is 71.1 Å². The van der Waals surface area contributed by atoms with Crippen molar-refractivity contribution < 1.29 is 22.8 Å². The molecule has 0 saturated heterocycles. The molecule has 2 aromatic carbocycles. The highest BCUT2D eigenvalue weighted by atomic mass is 35.5. The zero-order valence-corrected chi connectivity index (χ0v) is 18.9. The summed E-state index contributed by atoms with van der Waals surface area (Å²) in [5, 5.41) is 6.25. The molecule has 0 aliphatic heterocycles. The van der Waals surface area contributed by atoms with Crippen molar-refractivity contribution in [3.8, 4) is 10.6 Å². The summed E-state index contributed by atoms with van der Waals surface area (Å²) in [6, 6.07) is 9.39. The summed E-state index contributed by atoms with van der Waals surface area (Å²) in [5.74, 6) is -0.751. The summed E-state index contributed by atoms with van der Waals surface area (Å²) in [7, 11) is 0. The molecule has 0 radical (unpaired) electrons. The lowest BCUT2D eigenvalue weighted by Crippen LogP contribution is -2.34. The van der Waals surface area contributed by atoms with E-state index >= 15 is 0 Å². The van der Waals surface area contributed by atoms with Crippen molar-refractivity contribution in [2.24, 2.45) is 0 Å². The zero-order valence-electron chi connectivity index (χ0n) is 17.3. The van der Waals surface area contributed by atoms with E-state index in [1.54, 1.807) is 12.1 Å². The van der Waals surface area contributed by atoms with Crippen LogP contribution in [0.1, 0.15) is 42.4 Å². The van der Waals surface area contributed by atoms with Gasteiger partial charge in [0.15, 0.2) is 0 Å². The van der Waals surface area contributed by atoms with Crippen LogP contribution < -0.4 is 10.6 Å². The molecular formula is C22H19ClF3N3O2S. The van der Waals surface area contributed by atoms with Gasteiger partial charge in [0.2, 0.25) is 0 Å². The number of anilines is 1. The van der Waals surface area contributed by atoms with Gasteiger partial charge in [0, 0.05) is 16.6 Å². The second kappa shape index (κ2) is 8.91. The standard InChI is InChI=1S/C22H19ClF3N3O2S/c1-21(2,3)12-4-7-14(8-5-12)27-20(31)29-18(30)17-11-32-19(28-17)15-9-6-13(10-16(15)23)22(24,25)26/h4-11H,1-3H3,(H2,27,29,30,31). The van der Waals surface area contributed by atoms with E-state index in [0.29, 0.717) is 5.69 Å². The zero-order chi connectivity index (χ0) is 23.7. The second-order valence-electron chi connectivity index (χ2n) is 7.97. The summed E-state index contributed by atoms with van der Waals surface area (Å²) in [5.41, 5.74) is 0.893. The normalized spacial score (nSPS) is 11.8. The lowest BCUT2D eigenvalue weighted by molar-refractivity contribution is -0.137. The molecule has 0 atom stereocenters. The van der Waals surface area contributed by atoms with E-state index in [1.807, 2.05) is 12.1 Å². The molecule has 2 N–H and O–H groups in total. The van der Waals surface area contributed by atoms with Gasteiger partial charge in [-0.1, -0.05) is 44.5 Å². The number of aromatic nitrogens is 1. The predicted octanol–water partition coefficient (Wildman–Crippen LogP) is 6.74. The molecule has 10 heteroatoms. The van der Waals surface area contributed by atoms with Crippen LogP contribution >= 0.6 is 22.9 Å². The third kappa shape index (κ3) is 5.66. The van der Waals surface area contributed by atoms with Gasteiger partial charge < -0.3 is 5.32 Å². The van der Waals surface area contributed by atoms with Crippen molar-refractivity contribution in [1.82, 2.24) is 10.3 Å². The van der Waals surface area contributed by atoms with Gasteiger partial charge in [0.1, 0.15) is 10.7 Å². The Morgan fingerprint density at radius 2 is 1.62 bits per heavy atom. The third-order valence-corrected chi connectivity index (χ3v) is 5.69. The molecule has 0 saturated carbocycles. The fraction of sp³-hybridized carbons (Fsp3) is 0.227. The summed E-state index contributed by atoms with van der Waals surface area (Å²) < 4.78 is 38.4. The summed E-state index contributed by atoms with van der Waals surface area (Å²) >= 11 is 7.00. The quantitative estimate of drug-likeness (QED) is 0.435. The van der Waals surface area contributed by atoms with Crippen molar-refractivity contribution in [2.45, 2.75) is 32.4 Å². The van der Waals surface area contributed by atoms with Gasteiger partial charge in [0.05, 0.1) is 10.6 Å². The molecule has 32 heavy (non-hydrogen) atoms. The number of benzene rings is 2. The van der Waals surface area contributed by atoms with Crippen LogP contribution in [0.15, 0.2) is 47.8 Å². The number of carbonyl (C=O) groups is 2. The van der Waals surface area contributed by atoms with Crippen molar-refractivity contribution in [3.05, 3.63) is 69.7 Å². The number of nitrogens with one attached hydrogen (secondary N) is 2. The van der Waals surface area contributed by atoms with Crippen molar-refractivity contribution in [2.75, 3.05) is 5.32 Å². The van der Waals surface area contributed by atoms with Gasteiger partial charge in [0.25, 0.3) is 5.91 Å². The fourth-order valence-corrected chi connectivity index (χ4v) is 3.91. The van der Waals surface area contributed by atoms with E-state index in [2.05, 4.69) is 36.4 Å². The van der Waals surface area contributed by atoms with Crippen LogP contribution in [0, 0.1) is 0 Å². The first kappa shape index (κ1) is 23.7. The molecule has 0 spiro atoms. The average Bonchev–Trinajstić information content (AvgIpc) is 3.17. The van der Waals surface area contributed by atoms with E-state index in [1.165, 1.54) is 11.4 Å². The number of rotatable bonds is 3. The minimum Gasteiger partial charge on any atom is -0.308 e. The lowest BCUT2D eigenvalue weighted by Gasteiger charge is -2.19. The maximum atomic E-state index is 12.8. The molecule has 0 fully saturated rings. The van der Waals surface area contributed by atoms with Gasteiger partial charge in [-0.25, -0.2) is 9.78 Å². The average molecular weight is 482 g/mol. The van der Waals surface area contributed by atoms with Crippen LogP contribution in [-0.4, -0.2) is 16.9 Å². The Morgan fingerprint density at radius 3 is 2.19 bits per heavy atom. The SMILES string of the molecule is CC(C)(C)c1ccc(NC(=O)NC(=O)c2csc(-c3ccc(C(F)(F)F)cc3Cl)n2)cc1. The smallest absolute Gasteiger partial charge is 0.308 e. The molecule has 0 aliphatic carbocycles. The van der Waals surface area contributed by atoms with Crippen molar-refractivity contribution in [1.29, 1.82) is 0 Å². The maximum absolute atomic E-state index is 12.8. The van der Waals surface area contributed by atoms with Crippen LogP contribution in [-0.2, 0) is 11.6 Å². The Labute approximate surface area is 191 Å². The lowest BCUT2D eigenvalue weighted by atomic mass is 9.87. The van der Waals surface area contributed by atoms with Crippen molar-refractivity contribution in [3.63, 3.8) is 0 Å². The van der Waals surface area contributed by atoms with Gasteiger partial charge in [-0.3, -0.25) is 10.1 Å². The summed E-state index contributed by atoms with van der Waals surface area (Å²) in [4.78, 5) is 28.6. The number of hydrogen-bond donors (Lipinski definition) is 2. The molecule has 0 bridgehead atoms. The predicted molar refractivity (Wildman–Crippen MR) is 119 cm³/mol. The number of nitrogens with zero attached hydrogens (tertiary/aromatic N) is 1. The van der Waals surface area contributed by atoms with Crippen LogP contribution in [0.3, 0.4) is 0 Å². The highest BCUT2D eigenvalue weighted by Crippen LogP contribution is 2.36. The molecule has 0 aliphatic rings. The molecule has 0 unspecified atom stereocenters. The number of amides is 3. The number of hydrogen-bond acceptors (Lipinski definition) is 4. The van der Waals surface area contributed by atoms with E-state index in [9.17, 15) is 22.8 Å². The summed E-state index contributed by atoms with van der Waals surface area (Å²) in [6.45, 7) is 6.21. The highest BCUT2D eigenvalue weighted by Gasteiger charge is 2.31. The highest BCUT2D eigenvalue weighted by molar-refractivity contribution is 7.13. The van der Waals surface area contributed by atoms with E-state index in [-0.39, 0.29) is 26.7 Å². The van der Waals surface area contributed by atoms with Gasteiger partial charge in [-0.15, -0.1) is 11.3 Å². The number of urea groups is 1. The largest absolute Gasteiger partial charge is 0.416 e. The second-order valence-corrected chi connectivity index (χ2v) is 9.23. The number of imide groups is 1. The minimum atomic E-state index is -4.52. The maximum Gasteiger partial charge on any atom is 0.416 e. The molecule has 3 rings (SSSR count). The molecule has 1 heterocycles. The monoisotopic (exact) mass is 481 g/mol. The Kier molecular flexibility index (Phi) is 6.61. The number of carbonyl (C=O) groups excluding carboxylic acids is 2. The van der Waals surface area contributed by atoms with Crippen LogP contribution in [0.5, 0.6) is 0 Å².